The SMILES string of the molecule is O=C(NCc1ccc(C(=O)N2CCCC2)cc1)C1CCCN(C(=O)c2ccc(F)cc2)C1. The lowest BCUT2D eigenvalue weighted by atomic mass is 9.96. The van der Waals surface area contributed by atoms with Gasteiger partial charge in [-0.1, -0.05) is 12.1 Å². The van der Waals surface area contributed by atoms with E-state index < -0.39 is 0 Å². The lowest BCUT2D eigenvalue weighted by molar-refractivity contribution is -0.126. The van der Waals surface area contributed by atoms with Crippen LogP contribution in [0, 0.1) is 11.7 Å². The number of likely N-dealkylation sites (tertiary alicyclic amines) is 2. The number of nitrogens with zero attached hydrogens (tertiary/aromatic N) is 2. The Balaban J connectivity index is 1.29. The van der Waals surface area contributed by atoms with Crippen LogP contribution >= 0.6 is 0 Å². The van der Waals surface area contributed by atoms with Crippen LogP contribution in [0.2, 0.25) is 0 Å². The van der Waals surface area contributed by atoms with Gasteiger partial charge >= 0.3 is 0 Å². The average Bonchev–Trinajstić information content (AvgIpc) is 3.37. The van der Waals surface area contributed by atoms with Gasteiger partial charge in [0.25, 0.3) is 11.8 Å². The van der Waals surface area contributed by atoms with Crippen molar-refractivity contribution in [1.29, 1.82) is 0 Å². The number of rotatable bonds is 5. The minimum absolute atomic E-state index is 0.0613. The minimum Gasteiger partial charge on any atom is -0.352 e. The predicted octanol–water partition coefficient (Wildman–Crippen LogP) is 3.23. The zero-order chi connectivity index (χ0) is 22.5. The summed E-state index contributed by atoms with van der Waals surface area (Å²) in [6.45, 7) is 2.95. The lowest BCUT2D eigenvalue weighted by Gasteiger charge is -2.32. The van der Waals surface area contributed by atoms with E-state index in [9.17, 15) is 18.8 Å². The van der Waals surface area contributed by atoms with Gasteiger partial charge < -0.3 is 15.1 Å². The Morgan fingerprint density at radius 3 is 2.03 bits per heavy atom. The molecule has 4 rings (SSSR count). The predicted molar refractivity (Wildman–Crippen MR) is 118 cm³/mol. The molecule has 2 saturated heterocycles. The first kappa shape index (κ1) is 22.0. The van der Waals surface area contributed by atoms with Crippen LogP contribution in [0.3, 0.4) is 0 Å². The number of hydrogen-bond donors (Lipinski definition) is 1. The zero-order valence-corrected chi connectivity index (χ0v) is 18.1. The molecule has 2 aromatic carbocycles. The topological polar surface area (TPSA) is 69.7 Å². The fraction of sp³-hybridized carbons (Fsp3) is 0.400. The second kappa shape index (κ2) is 9.94. The van der Waals surface area contributed by atoms with Gasteiger partial charge in [0.2, 0.25) is 5.91 Å². The molecule has 2 aromatic rings. The third-order valence-corrected chi connectivity index (χ3v) is 6.23. The molecule has 0 aliphatic carbocycles. The van der Waals surface area contributed by atoms with E-state index in [1.807, 2.05) is 29.2 Å². The number of hydrogen-bond acceptors (Lipinski definition) is 3. The molecular formula is C25H28FN3O3. The summed E-state index contributed by atoms with van der Waals surface area (Å²) in [7, 11) is 0. The third kappa shape index (κ3) is 5.15. The first-order valence-corrected chi connectivity index (χ1v) is 11.2. The Hall–Kier alpha value is -3.22. The first-order chi connectivity index (χ1) is 15.5. The Kier molecular flexibility index (Phi) is 6.83. The van der Waals surface area contributed by atoms with Gasteiger partial charge in [0.1, 0.15) is 5.82 Å². The highest BCUT2D eigenvalue weighted by molar-refractivity contribution is 5.95. The van der Waals surface area contributed by atoms with Crippen molar-refractivity contribution in [2.45, 2.75) is 32.2 Å². The lowest BCUT2D eigenvalue weighted by Crippen LogP contribution is -2.45. The van der Waals surface area contributed by atoms with Crippen LogP contribution < -0.4 is 5.32 Å². The van der Waals surface area contributed by atoms with Crippen LogP contribution in [0.4, 0.5) is 4.39 Å². The van der Waals surface area contributed by atoms with Gasteiger partial charge in [-0.15, -0.1) is 0 Å². The van der Waals surface area contributed by atoms with Crippen molar-refractivity contribution in [2.24, 2.45) is 5.92 Å². The molecule has 32 heavy (non-hydrogen) atoms. The Bertz CT molecular complexity index is 969. The maximum absolute atomic E-state index is 13.1. The first-order valence-electron chi connectivity index (χ1n) is 11.2. The van der Waals surface area contributed by atoms with Crippen LogP contribution in [0.25, 0.3) is 0 Å². The van der Waals surface area contributed by atoms with Gasteiger partial charge in [-0.2, -0.15) is 0 Å². The molecule has 1 unspecified atom stereocenters. The number of halogens is 1. The van der Waals surface area contributed by atoms with Crippen molar-refractivity contribution in [1.82, 2.24) is 15.1 Å². The van der Waals surface area contributed by atoms with Crippen molar-refractivity contribution >= 4 is 17.7 Å². The van der Waals surface area contributed by atoms with E-state index in [2.05, 4.69) is 5.32 Å². The van der Waals surface area contributed by atoms with Crippen LogP contribution in [-0.2, 0) is 11.3 Å². The number of carbonyl (C=O) groups is 3. The van der Waals surface area contributed by atoms with E-state index in [1.165, 1.54) is 24.3 Å². The monoisotopic (exact) mass is 437 g/mol. The van der Waals surface area contributed by atoms with E-state index in [1.54, 1.807) is 4.90 Å². The van der Waals surface area contributed by atoms with Gasteiger partial charge in [-0.3, -0.25) is 14.4 Å². The van der Waals surface area contributed by atoms with Gasteiger partial charge in [0, 0.05) is 43.9 Å². The molecule has 1 atom stereocenters. The standard InChI is InChI=1S/C25H28FN3O3/c26-22-11-9-20(10-12-22)25(32)29-15-3-4-21(17-29)23(30)27-16-18-5-7-19(8-6-18)24(31)28-13-1-2-14-28/h5-12,21H,1-4,13-17H2,(H,27,30). The number of amides is 3. The Morgan fingerprint density at radius 2 is 1.38 bits per heavy atom. The Labute approximate surface area is 187 Å². The van der Waals surface area contributed by atoms with Gasteiger partial charge in [-0.25, -0.2) is 4.39 Å². The molecule has 168 valence electrons. The highest BCUT2D eigenvalue weighted by Crippen LogP contribution is 2.20. The molecule has 2 fully saturated rings. The average molecular weight is 438 g/mol. The molecular weight excluding hydrogens is 409 g/mol. The summed E-state index contributed by atoms with van der Waals surface area (Å²) in [5.74, 6) is -0.860. The normalized spacial score (nSPS) is 18.5. The number of nitrogens with one attached hydrogen (secondary N) is 1. The third-order valence-electron chi connectivity index (χ3n) is 6.23. The van der Waals surface area contributed by atoms with E-state index in [-0.39, 0.29) is 29.5 Å². The van der Waals surface area contributed by atoms with Crippen molar-refractivity contribution in [3.8, 4) is 0 Å². The summed E-state index contributed by atoms with van der Waals surface area (Å²) in [6.07, 6.45) is 3.59. The number of piperidine rings is 1. The smallest absolute Gasteiger partial charge is 0.253 e. The molecule has 1 N–H and O–H groups in total. The maximum atomic E-state index is 13.1. The van der Waals surface area contributed by atoms with Gasteiger partial charge in [-0.05, 0) is 67.6 Å². The Morgan fingerprint density at radius 1 is 0.812 bits per heavy atom. The molecule has 6 nitrogen and oxygen atoms in total. The highest BCUT2D eigenvalue weighted by atomic mass is 19.1. The molecule has 2 aliphatic rings. The molecule has 0 radical (unpaired) electrons. The maximum Gasteiger partial charge on any atom is 0.253 e. The number of benzene rings is 2. The van der Waals surface area contributed by atoms with E-state index in [4.69, 9.17) is 0 Å². The quantitative estimate of drug-likeness (QED) is 0.781. The van der Waals surface area contributed by atoms with E-state index >= 15 is 0 Å². The molecule has 2 aliphatic heterocycles. The summed E-state index contributed by atoms with van der Waals surface area (Å²) in [4.78, 5) is 41.4. The van der Waals surface area contributed by atoms with Crippen LogP contribution in [0.5, 0.6) is 0 Å². The highest BCUT2D eigenvalue weighted by Gasteiger charge is 2.29. The zero-order valence-electron chi connectivity index (χ0n) is 18.1. The molecule has 0 spiro atoms. The van der Waals surface area contributed by atoms with Crippen LogP contribution in [0.1, 0.15) is 52.0 Å². The second-order valence-corrected chi connectivity index (χ2v) is 8.51. The van der Waals surface area contributed by atoms with Crippen molar-refractivity contribution in [3.63, 3.8) is 0 Å². The van der Waals surface area contributed by atoms with E-state index in [0.717, 1.165) is 44.3 Å². The summed E-state index contributed by atoms with van der Waals surface area (Å²) < 4.78 is 13.1. The van der Waals surface area contributed by atoms with Crippen LogP contribution in [-0.4, -0.2) is 53.7 Å². The molecule has 7 heteroatoms. The van der Waals surface area contributed by atoms with Gasteiger partial charge in [0.15, 0.2) is 0 Å². The number of carbonyl (C=O) groups excluding carboxylic acids is 3. The second-order valence-electron chi connectivity index (χ2n) is 8.51. The van der Waals surface area contributed by atoms with E-state index in [0.29, 0.717) is 30.8 Å². The summed E-state index contributed by atoms with van der Waals surface area (Å²) >= 11 is 0. The molecule has 0 saturated carbocycles. The molecule has 0 bridgehead atoms. The molecule has 2 heterocycles. The summed E-state index contributed by atoms with van der Waals surface area (Å²) in [5, 5.41) is 2.96. The molecule has 0 aromatic heterocycles. The van der Waals surface area contributed by atoms with Crippen molar-refractivity contribution in [2.75, 3.05) is 26.2 Å². The minimum atomic E-state index is -0.383. The van der Waals surface area contributed by atoms with Crippen molar-refractivity contribution < 1.29 is 18.8 Å². The fourth-order valence-electron chi connectivity index (χ4n) is 4.35. The fourth-order valence-corrected chi connectivity index (χ4v) is 4.35. The summed E-state index contributed by atoms with van der Waals surface area (Å²) in [6, 6.07) is 12.8. The molecule has 3 amide bonds. The van der Waals surface area contributed by atoms with Crippen molar-refractivity contribution in [3.05, 3.63) is 71.0 Å². The largest absolute Gasteiger partial charge is 0.352 e. The summed E-state index contributed by atoms with van der Waals surface area (Å²) in [5.41, 5.74) is 2.02. The van der Waals surface area contributed by atoms with Gasteiger partial charge in [0.05, 0.1) is 5.92 Å². The van der Waals surface area contributed by atoms with Crippen LogP contribution in [0.15, 0.2) is 48.5 Å².